The Morgan fingerprint density at radius 1 is 1.12 bits per heavy atom. The molecule has 25 heavy (non-hydrogen) atoms. The Hall–Kier alpha value is -2.82. The third kappa shape index (κ3) is 3.99. The van der Waals surface area contributed by atoms with Gasteiger partial charge in [-0.1, -0.05) is 42.5 Å². The Labute approximate surface area is 147 Å². The number of hydrogen-bond acceptors (Lipinski definition) is 2. The number of nitrogens with one attached hydrogen (secondary N) is 1. The van der Waals surface area contributed by atoms with Crippen molar-refractivity contribution in [3.05, 3.63) is 82.3 Å². The largest absolute Gasteiger partial charge is 0.334 e. The standard InChI is InChI=1S/C20H23N3O2/c1-2-12-23-18-11-14-22(13-10-17(18)8-9-19(23)24)20(25)21-15-16-6-4-3-5-7-16/h2-9H,1,10-15H2,(H,21,25). The summed E-state index contributed by atoms with van der Waals surface area (Å²) in [5, 5.41) is 2.98. The molecule has 1 N–H and O–H groups in total. The van der Waals surface area contributed by atoms with Gasteiger partial charge in [-0.05, 0) is 17.5 Å². The van der Waals surface area contributed by atoms with Crippen molar-refractivity contribution in [1.82, 2.24) is 14.8 Å². The maximum Gasteiger partial charge on any atom is 0.317 e. The molecule has 5 heteroatoms. The molecule has 5 nitrogen and oxygen atoms in total. The lowest BCUT2D eigenvalue weighted by Gasteiger charge is -2.21. The van der Waals surface area contributed by atoms with E-state index in [1.807, 2.05) is 41.3 Å². The van der Waals surface area contributed by atoms with Crippen LogP contribution in [-0.4, -0.2) is 28.6 Å². The Morgan fingerprint density at radius 2 is 1.88 bits per heavy atom. The fraction of sp³-hybridized carbons (Fsp3) is 0.300. The Balaban J connectivity index is 1.67. The van der Waals surface area contributed by atoms with Gasteiger partial charge >= 0.3 is 6.03 Å². The van der Waals surface area contributed by atoms with Gasteiger partial charge in [0, 0.05) is 44.4 Å². The summed E-state index contributed by atoms with van der Waals surface area (Å²) in [6.07, 6.45) is 3.17. The van der Waals surface area contributed by atoms with E-state index in [2.05, 4.69) is 11.9 Å². The van der Waals surface area contributed by atoms with Gasteiger partial charge in [0.2, 0.25) is 0 Å². The van der Waals surface area contributed by atoms with E-state index in [-0.39, 0.29) is 11.6 Å². The highest BCUT2D eigenvalue weighted by Gasteiger charge is 2.20. The van der Waals surface area contributed by atoms with E-state index in [0.717, 1.165) is 23.2 Å². The minimum absolute atomic E-state index is 0.0133. The summed E-state index contributed by atoms with van der Waals surface area (Å²) >= 11 is 0. The minimum atomic E-state index is -0.0609. The fourth-order valence-electron chi connectivity index (χ4n) is 3.21. The maximum absolute atomic E-state index is 12.5. The van der Waals surface area contributed by atoms with Crippen LogP contribution in [0.15, 0.2) is 59.9 Å². The fourth-order valence-corrected chi connectivity index (χ4v) is 3.21. The molecule has 0 radical (unpaired) electrons. The van der Waals surface area contributed by atoms with E-state index in [0.29, 0.717) is 32.6 Å². The molecular formula is C20H23N3O2. The number of aromatic nitrogens is 1. The van der Waals surface area contributed by atoms with E-state index in [1.54, 1.807) is 16.7 Å². The quantitative estimate of drug-likeness (QED) is 0.871. The van der Waals surface area contributed by atoms with Gasteiger partial charge < -0.3 is 14.8 Å². The van der Waals surface area contributed by atoms with E-state index < -0.39 is 0 Å². The summed E-state index contributed by atoms with van der Waals surface area (Å²) in [6.45, 7) is 6.01. The van der Waals surface area contributed by atoms with Gasteiger partial charge in [0.15, 0.2) is 0 Å². The number of rotatable bonds is 4. The number of amides is 2. The molecule has 2 heterocycles. The zero-order valence-electron chi connectivity index (χ0n) is 14.3. The number of nitrogens with zero attached hydrogens (tertiary/aromatic N) is 2. The number of benzene rings is 1. The zero-order valence-corrected chi connectivity index (χ0v) is 14.3. The monoisotopic (exact) mass is 337 g/mol. The topological polar surface area (TPSA) is 54.3 Å². The Morgan fingerprint density at radius 3 is 2.64 bits per heavy atom. The van der Waals surface area contributed by atoms with Crippen LogP contribution in [0.25, 0.3) is 0 Å². The van der Waals surface area contributed by atoms with Gasteiger partial charge in [0.25, 0.3) is 5.56 Å². The molecule has 0 saturated heterocycles. The van der Waals surface area contributed by atoms with Gasteiger partial charge in [0.1, 0.15) is 0 Å². The first kappa shape index (κ1) is 17.0. The van der Waals surface area contributed by atoms with Crippen molar-refractivity contribution < 1.29 is 4.79 Å². The van der Waals surface area contributed by atoms with Crippen LogP contribution in [0.4, 0.5) is 4.79 Å². The number of urea groups is 1. The lowest BCUT2D eigenvalue weighted by Crippen LogP contribution is -2.41. The lowest BCUT2D eigenvalue weighted by molar-refractivity contribution is 0.199. The highest BCUT2D eigenvalue weighted by atomic mass is 16.2. The highest BCUT2D eigenvalue weighted by molar-refractivity contribution is 5.74. The van der Waals surface area contributed by atoms with Crippen molar-refractivity contribution in [2.24, 2.45) is 0 Å². The number of carbonyl (C=O) groups is 1. The van der Waals surface area contributed by atoms with Crippen LogP contribution in [0.2, 0.25) is 0 Å². The Kier molecular flexibility index (Phi) is 5.33. The first-order valence-electron chi connectivity index (χ1n) is 8.58. The Bertz CT molecular complexity index is 811. The number of fused-ring (bicyclic) bond motifs is 1. The third-order valence-electron chi connectivity index (χ3n) is 4.54. The molecule has 2 amide bonds. The molecule has 1 aromatic heterocycles. The first-order valence-corrected chi connectivity index (χ1v) is 8.58. The smallest absolute Gasteiger partial charge is 0.317 e. The first-order chi connectivity index (χ1) is 12.2. The summed E-state index contributed by atoms with van der Waals surface area (Å²) in [5.41, 5.74) is 3.22. The molecule has 0 atom stereocenters. The van der Waals surface area contributed by atoms with Crippen molar-refractivity contribution in [2.75, 3.05) is 13.1 Å². The van der Waals surface area contributed by atoms with Crippen molar-refractivity contribution in [2.45, 2.75) is 25.9 Å². The minimum Gasteiger partial charge on any atom is -0.334 e. The molecule has 3 rings (SSSR count). The van der Waals surface area contributed by atoms with Crippen LogP contribution in [0.3, 0.4) is 0 Å². The number of pyridine rings is 1. The average molecular weight is 337 g/mol. The predicted octanol–water partition coefficient (Wildman–Crippen LogP) is 2.34. The number of hydrogen-bond donors (Lipinski definition) is 1. The molecule has 0 bridgehead atoms. The highest BCUT2D eigenvalue weighted by Crippen LogP contribution is 2.15. The van der Waals surface area contributed by atoms with Crippen LogP contribution >= 0.6 is 0 Å². The molecule has 0 aliphatic carbocycles. The number of allylic oxidation sites excluding steroid dienone is 1. The van der Waals surface area contributed by atoms with Crippen LogP contribution in [0, 0.1) is 0 Å². The van der Waals surface area contributed by atoms with Gasteiger partial charge in [-0.2, -0.15) is 0 Å². The lowest BCUT2D eigenvalue weighted by atomic mass is 10.1. The van der Waals surface area contributed by atoms with Gasteiger partial charge in [-0.25, -0.2) is 4.79 Å². The van der Waals surface area contributed by atoms with E-state index >= 15 is 0 Å². The predicted molar refractivity (Wildman–Crippen MR) is 98.6 cm³/mol. The zero-order chi connectivity index (χ0) is 17.6. The van der Waals surface area contributed by atoms with Gasteiger partial charge in [0.05, 0.1) is 0 Å². The molecular weight excluding hydrogens is 314 g/mol. The second kappa shape index (κ2) is 7.83. The molecule has 1 aromatic carbocycles. The SMILES string of the molecule is C=CCn1c2c(ccc1=O)CCN(C(=O)NCc1ccccc1)CC2. The van der Waals surface area contributed by atoms with Crippen LogP contribution < -0.4 is 10.9 Å². The van der Waals surface area contributed by atoms with Gasteiger partial charge in [-0.15, -0.1) is 6.58 Å². The molecule has 2 aromatic rings. The molecule has 0 saturated carbocycles. The summed E-state index contributed by atoms with van der Waals surface area (Å²) in [5.74, 6) is 0. The van der Waals surface area contributed by atoms with E-state index in [4.69, 9.17) is 0 Å². The number of carbonyl (C=O) groups excluding carboxylic acids is 1. The maximum atomic E-state index is 12.5. The van der Waals surface area contributed by atoms with Crippen molar-refractivity contribution in [1.29, 1.82) is 0 Å². The third-order valence-corrected chi connectivity index (χ3v) is 4.54. The van der Waals surface area contributed by atoms with Crippen LogP contribution in [0.5, 0.6) is 0 Å². The molecule has 0 unspecified atom stereocenters. The van der Waals surface area contributed by atoms with Crippen molar-refractivity contribution in [3.63, 3.8) is 0 Å². The molecule has 130 valence electrons. The van der Waals surface area contributed by atoms with Crippen LogP contribution in [-0.2, 0) is 25.9 Å². The van der Waals surface area contributed by atoms with E-state index in [1.165, 1.54) is 0 Å². The summed E-state index contributed by atoms with van der Waals surface area (Å²) < 4.78 is 1.76. The molecule has 1 aliphatic rings. The average Bonchev–Trinajstić information content (AvgIpc) is 2.86. The molecule has 0 fully saturated rings. The van der Waals surface area contributed by atoms with Crippen molar-refractivity contribution in [3.8, 4) is 0 Å². The normalized spacial score (nSPS) is 13.7. The molecule has 0 spiro atoms. The summed E-state index contributed by atoms with van der Waals surface area (Å²) in [6, 6.07) is 13.3. The second-order valence-corrected chi connectivity index (χ2v) is 6.17. The summed E-state index contributed by atoms with van der Waals surface area (Å²) in [4.78, 5) is 26.4. The second-order valence-electron chi connectivity index (χ2n) is 6.17. The van der Waals surface area contributed by atoms with Crippen molar-refractivity contribution >= 4 is 6.03 Å². The molecule has 1 aliphatic heterocycles. The van der Waals surface area contributed by atoms with Crippen LogP contribution in [0.1, 0.15) is 16.8 Å². The van der Waals surface area contributed by atoms with E-state index in [9.17, 15) is 9.59 Å². The summed E-state index contributed by atoms with van der Waals surface area (Å²) in [7, 11) is 0. The van der Waals surface area contributed by atoms with Gasteiger partial charge in [-0.3, -0.25) is 4.79 Å².